The smallest absolute Gasteiger partial charge is 0.255 e. The molecule has 104 valence electrons. The summed E-state index contributed by atoms with van der Waals surface area (Å²) < 4.78 is 0. The topological polar surface area (TPSA) is 52.6 Å². The van der Waals surface area contributed by atoms with Crippen molar-refractivity contribution in [3.8, 4) is 5.75 Å². The summed E-state index contributed by atoms with van der Waals surface area (Å²) in [7, 11) is 1.78. The Bertz CT molecular complexity index is 594. The molecule has 4 nitrogen and oxygen atoms in total. The third-order valence-corrected chi connectivity index (χ3v) is 3.12. The molecule has 0 unspecified atom stereocenters. The van der Waals surface area contributed by atoms with Crippen LogP contribution in [0.4, 0.5) is 11.4 Å². The highest BCUT2D eigenvalue weighted by Crippen LogP contribution is 2.23. The van der Waals surface area contributed by atoms with Gasteiger partial charge in [0.25, 0.3) is 5.91 Å². The van der Waals surface area contributed by atoms with Crippen LogP contribution in [0.1, 0.15) is 17.3 Å². The van der Waals surface area contributed by atoms with Crippen molar-refractivity contribution in [1.29, 1.82) is 0 Å². The molecule has 0 saturated heterocycles. The van der Waals surface area contributed by atoms with Gasteiger partial charge in [-0.1, -0.05) is 12.1 Å². The standard InChI is InChI=1S/C16H18N2O2/c1-3-18(2)16(20)14-6-4-5-7-15(14)17-12-8-10-13(19)11-9-12/h4-11,17,19H,3H2,1-2H3. The molecule has 0 heterocycles. The second-order valence-corrected chi connectivity index (χ2v) is 4.54. The first kappa shape index (κ1) is 13.9. The minimum Gasteiger partial charge on any atom is -0.508 e. The van der Waals surface area contributed by atoms with Gasteiger partial charge in [-0.2, -0.15) is 0 Å². The number of para-hydroxylation sites is 1. The molecule has 1 amide bonds. The number of nitrogens with one attached hydrogen (secondary N) is 1. The van der Waals surface area contributed by atoms with E-state index in [2.05, 4.69) is 5.32 Å². The Hall–Kier alpha value is -2.49. The van der Waals surface area contributed by atoms with E-state index in [0.29, 0.717) is 12.1 Å². The first-order valence-electron chi connectivity index (χ1n) is 6.52. The Morgan fingerprint density at radius 2 is 1.80 bits per heavy atom. The Labute approximate surface area is 118 Å². The van der Waals surface area contributed by atoms with Gasteiger partial charge in [0, 0.05) is 19.3 Å². The molecule has 0 bridgehead atoms. The molecule has 0 aliphatic carbocycles. The van der Waals surface area contributed by atoms with Gasteiger partial charge in [-0.05, 0) is 43.3 Å². The van der Waals surface area contributed by atoms with E-state index in [9.17, 15) is 9.90 Å². The molecule has 0 saturated carbocycles. The van der Waals surface area contributed by atoms with Gasteiger partial charge in [0.05, 0.1) is 11.3 Å². The van der Waals surface area contributed by atoms with Gasteiger partial charge >= 0.3 is 0 Å². The fourth-order valence-electron chi connectivity index (χ4n) is 1.83. The molecule has 2 rings (SSSR count). The van der Waals surface area contributed by atoms with Crippen LogP contribution in [-0.4, -0.2) is 29.5 Å². The first-order valence-corrected chi connectivity index (χ1v) is 6.52. The summed E-state index contributed by atoms with van der Waals surface area (Å²) in [5, 5.41) is 12.5. The van der Waals surface area contributed by atoms with Gasteiger partial charge in [-0.25, -0.2) is 0 Å². The van der Waals surface area contributed by atoms with E-state index in [1.807, 2.05) is 25.1 Å². The molecule has 0 aliphatic heterocycles. The molecular weight excluding hydrogens is 252 g/mol. The van der Waals surface area contributed by atoms with Crippen molar-refractivity contribution < 1.29 is 9.90 Å². The average Bonchev–Trinajstić information content (AvgIpc) is 2.48. The fourth-order valence-corrected chi connectivity index (χ4v) is 1.83. The lowest BCUT2D eigenvalue weighted by Gasteiger charge is -2.17. The van der Waals surface area contributed by atoms with E-state index in [1.165, 1.54) is 0 Å². The Morgan fingerprint density at radius 3 is 2.45 bits per heavy atom. The maximum atomic E-state index is 12.3. The largest absolute Gasteiger partial charge is 0.508 e. The lowest BCUT2D eigenvalue weighted by molar-refractivity contribution is 0.0803. The Kier molecular flexibility index (Phi) is 4.25. The second kappa shape index (κ2) is 6.10. The van der Waals surface area contributed by atoms with E-state index < -0.39 is 0 Å². The monoisotopic (exact) mass is 270 g/mol. The molecule has 0 aromatic heterocycles. The van der Waals surface area contributed by atoms with Crippen LogP contribution in [0, 0.1) is 0 Å². The van der Waals surface area contributed by atoms with E-state index in [1.54, 1.807) is 42.3 Å². The lowest BCUT2D eigenvalue weighted by Crippen LogP contribution is -2.26. The summed E-state index contributed by atoms with van der Waals surface area (Å²) in [6, 6.07) is 14.1. The predicted molar refractivity (Wildman–Crippen MR) is 80.5 cm³/mol. The zero-order valence-corrected chi connectivity index (χ0v) is 11.6. The maximum absolute atomic E-state index is 12.3. The van der Waals surface area contributed by atoms with Crippen LogP contribution in [0.25, 0.3) is 0 Å². The van der Waals surface area contributed by atoms with E-state index in [-0.39, 0.29) is 11.7 Å². The number of amides is 1. The number of anilines is 2. The van der Waals surface area contributed by atoms with Crippen LogP contribution in [0.2, 0.25) is 0 Å². The van der Waals surface area contributed by atoms with Crippen molar-refractivity contribution in [2.45, 2.75) is 6.92 Å². The van der Waals surface area contributed by atoms with Gasteiger partial charge in [-0.3, -0.25) is 4.79 Å². The summed E-state index contributed by atoms with van der Waals surface area (Å²) in [6.45, 7) is 2.60. The molecule has 2 aromatic rings. The van der Waals surface area contributed by atoms with Gasteiger partial charge in [0.1, 0.15) is 5.75 Å². The van der Waals surface area contributed by atoms with Crippen molar-refractivity contribution in [3.05, 3.63) is 54.1 Å². The van der Waals surface area contributed by atoms with Gasteiger partial charge in [0.15, 0.2) is 0 Å². The average molecular weight is 270 g/mol. The Balaban J connectivity index is 2.28. The van der Waals surface area contributed by atoms with Crippen molar-refractivity contribution in [1.82, 2.24) is 4.90 Å². The summed E-state index contributed by atoms with van der Waals surface area (Å²) >= 11 is 0. The number of nitrogens with zero attached hydrogens (tertiary/aromatic N) is 1. The van der Waals surface area contributed by atoms with E-state index in [0.717, 1.165) is 11.4 Å². The zero-order valence-electron chi connectivity index (χ0n) is 11.6. The van der Waals surface area contributed by atoms with Crippen LogP contribution in [-0.2, 0) is 0 Å². The highest BCUT2D eigenvalue weighted by atomic mass is 16.3. The van der Waals surface area contributed by atoms with Gasteiger partial charge < -0.3 is 15.3 Å². The fraction of sp³-hybridized carbons (Fsp3) is 0.188. The van der Waals surface area contributed by atoms with Crippen molar-refractivity contribution in [3.63, 3.8) is 0 Å². The molecule has 20 heavy (non-hydrogen) atoms. The molecule has 0 spiro atoms. The van der Waals surface area contributed by atoms with Gasteiger partial charge in [0.2, 0.25) is 0 Å². The van der Waals surface area contributed by atoms with E-state index >= 15 is 0 Å². The van der Waals surface area contributed by atoms with Crippen LogP contribution >= 0.6 is 0 Å². The third kappa shape index (κ3) is 3.09. The van der Waals surface area contributed by atoms with Gasteiger partial charge in [-0.15, -0.1) is 0 Å². The SMILES string of the molecule is CCN(C)C(=O)c1ccccc1Nc1ccc(O)cc1. The minimum absolute atomic E-state index is 0.0191. The zero-order chi connectivity index (χ0) is 14.5. The van der Waals surface area contributed by atoms with Crippen LogP contribution in [0.15, 0.2) is 48.5 Å². The first-order chi connectivity index (χ1) is 9.61. The highest BCUT2D eigenvalue weighted by molar-refractivity contribution is 6.00. The minimum atomic E-state index is -0.0191. The molecule has 4 heteroatoms. The summed E-state index contributed by atoms with van der Waals surface area (Å²) in [4.78, 5) is 14.0. The number of phenols is 1. The molecule has 0 fully saturated rings. The predicted octanol–water partition coefficient (Wildman–Crippen LogP) is 3.23. The maximum Gasteiger partial charge on any atom is 0.255 e. The summed E-state index contributed by atoms with van der Waals surface area (Å²) in [5.41, 5.74) is 2.20. The van der Waals surface area contributed by atoms with Crippen molar-refractivity contribution in [2.75, 3.05) is 18.9 Å². The molecule has 2 N–H and O–H groups in total. The number of rotatable bonds is 4. The lowest BCUT2D eigenvalue weighted by atomic mass is 10.1. The third-order valence-electron chi connectivity index (χ3n) is 3.12. The molecule has 0 radical (unpaired) electrons. The molecule has 2 aromatic carbocycles. The number of aromatic hydroxyl groups is 1. The molecule has 0 atom stereocenters. The number of benzene rings is 2. The van der Waals surface area contributed by atoms with Crippen LogP contribution in [0.3, 0.4) is 0 Å². The summed E-state index contributed by atoms with van der Waals surface area (Å²) in [5.74, 6) is 0.194. The number of carbonyl (C=O) groups is 1. The second-order valence-electron chi connectivity index (χ2n) is 4.54. The number of carbonyl (C=O) groups excluding carboxylic acids is 1. The van der Waals surface area contributed by atoms with E-state index in [4.69, 9.17) is 0 Å². The normalized spacial score (nSPS) is 10.1. The van der Waals surface area contributed by atoms with Crippen LogP contribution < -0.4 is 5.32 Å². The highest BCUT2D eigenvalue weighted by Gasteiger charge is 2.14. The molecular formula is C16H18N2O2. The Morgan fingerprint density at radius 1 is 1.15 bits per heavy atom. The number of hydrogen-bond acceptors (Lipinski definition) is 3. The van der Waals surface area contributed by atoms with Crippen LogP contribution in [0.5, 0.6) is 5.75 Å². The molecule has 0 aliphatic rings. The van der Waals surface area contributed by atoms with Crippen molar-refractivity contribution in [2.24, 2.45) is 0 Å². The van der Waals surface area contributed by atoms with Crippen molar-refractivity contribution >= 4 is 17.3 Å². The quantitative estimate of drug-likeness (QED) is 0.839. The number of hydrogen-bond donors (Lipinski definition) is 2. The number of phenolic OH excluding ortho intramolecular Hbond substituents is 1. The summed E-state index contributed by atoms with van der Waals surface area (Å²) in [6.07, 6.45) is 0.